The zero-order valence-electron chi connectivity index (χ0n) is 11.5. The number of pyridine rings is 1. The molecule has 4 nitrogen and oxygen atoms in total. The van der Waals surface area contributed by atoms with Crippen molar-refractivity contribution >= 4 is 29.6 Å². The Bertz CT molecular complexity index is 442. The molecule has 0 saturated heterocycles. The Morgan fingerprint density at radius 3 is 2.95 bits per heavy atom. The Kier molecular flexibility index (Phi) is 5.97. The van der Waals surface area contributed by atoms with Crippen molar-refractivity contribution in [2.45, 2.75) is 12.5 Å². The van der Waals surface area contributed by atoms with Gasteiger partial charge >= 0.3 is 0 Å². The highest BCUT2D eigenvalue weighted by Gasteiger charge is 2.24. The highest BCUT2D eigenvalue weighted by molar-refractivity contribution is 7.80. The fraction of sp³-hybridized carbons (Fsp3) is 0.538. The Morgan fingerprint density at radius 2 is 2.26 bits per heavy atom. The van der Waals surface area contributed by atoms with E-state index in [2.05, 4.69) is 28.9 Å². The summed E-state index contributed by atoms with van der Waals surface area (Å²) in [5.41, 5.74) is 0.967. The van der Waals surface area contributed by atoms with Gasteiger partial charge in [-0.25, -0.2) is 0 Å². The molecular formula is C13H20ClN3OS. The second-order valence-electron chi connectivity index (χ2n) is 4.89. The first-order chi connectivity index (χ1) is 8.58. The summed E-state index contributed by atoms with van der Waals surface area (Å²) >= 11 is 5.47. The predicted molar refractivity (Wildman–Crippen MR) is 83.4 cm³/mol. The van der Waals surface area contributed by atoms with Gasteiger partial charge in [-0.05, 0) is 26.6 Å². The third kappa shape index (κ3) is 4.03. The summed E-state index contributed by atoms with van der Waals surface area (Å²) in [6.45, 7) is 1.82. The maximum absolute atomic E-state index is 6.03. The van der Waals surface area contributed by atoms with Gasteiger partial charge in [0.05, 0.1) is 18.3 Å². The van der Waals surface area contributed by atoms with E-state index in [4.69, 9.17) is 17.0 Å². The molecule has 6 heteroatoms. The van der Waals surface area contributed by atoms with Crippen LogP contribution in [0.15, 0.2) is 18.5 Å². The topological polar surface area (TPSA) is 28.6 Å². The lowest BCUT2D eigenvalue weighted by molar-refractivity contribution is 0.159. The summed E-state index contributed by atoms with van der Waals surface area (Å²) < 4.78 is 6.03. The van der Waals surface area contributed by atoms with E-state index in [0.29, 0.717) is 0 Å². The molecule has 1 aromatic heterocycles. The Labute approximate surface area is 126 Å². The minimum Gasteiger partial charge on any atom is -0.486 e. The van der Waals surface area contributed by atoms with Crippen molar-refractivity contribution in [3.8, 4) is 5.75 Å². The lowest BCUT2D eigenvalue weighted by atomic mass is 10.2. The van der Waals surface area contributed by atoms with E-state index in [-0.39, 0.29) is 18.5 Å². The smallest absolute Gasteiger partial charge is 0.148 e. The van der Waals surface area contributed by atoms with Crippen LogP contribution in [0.1, 0.15) is 12.0 Å². The zero-order chi connectivity index (χ0) is 13.1. The molecule has 1 aliphatic rings. The number of ether oxygens (including phenoxy) is 1. The van der Waals surface area contributed by atoms with Gasteiger partial charge in [0.15, 0.2) is 0 Å². The van der Waals surface area contributed by atoms with Crippen LogP contribution in [0.3, 0.4) is 0 Å². The molecule has 0 aromatic carbocycles. The summed E-state index contributed by atoms with van der Waals surface area (Å²) in [5.74, 6) is 0.801. The van der Waals surface area contributed by atoms with Crippen molar-refractivity contribution in [2.24, 2.45) is 0 Å². The quantitative estimate of drug-likeness (QED) is 0.794. The van der Waals surface area contributed by atoms with E-state index in [1.54, 1.807) is 12.4 Å². The Balaban J connectivity index is 0.00000180. The molecule has 2 rings (SSSR count). The first-order valence-corrected chi connectivity index (χ1v) is 6.49. The number of rotatable bonds is 3. The number of nitrogens with zero attached hydrogens (tertiary/aromatic N) is 3. The second-order valence-corrected chi connectivity index (χ2v) is 5.28. The molecule has 2 heterocycles. The number of hydrogen-bond donors (Lipinski definition) is 0. The monoisotopic (exact) mass is 301 g/mol. The first-order valence-electron chi connectivity index (χ1n) is 6.09. The molecule has 1 aliphatic heterocycles. The van der Waals surface area contributed by atoms with Crippen molar-refractivity contribution in [3.05, 3.63) is 24.0 Å². The molecule has 0 fully saturated rings. The van der Waals surface area contributed by atoms with Gasteiger partial charge in [0.1, 0.15) is 16.8 Å². The summed E-state index contributed by atoms with van der Waals surface area (Å²) in [6.07, 6.45) is 4.64. The standard InChI is InChI=1S/C13H19N3OS.ClH/c1-15(2)7-5-10-9-16(3)13(18)11-4-6-14-8-12(11)17-10;/h4,6,8,10H,5,7,9H2,1-3H3;1H. The summed E-state index contributed by atoms with van der Waals surface area (Å²) in [6, 6.07) is 1.92. The molecule has 0 bridgehead atoms. The van der Waals surface area contributed by atoms with E-state index < -0.39 is 0 Å². The maximum Gasteiger partial charge on any atom is 0.148 e. The molecule has 0 saturated carbocycles. The van der Waals surface area contributed by atoms with Gasteiger partial charge < -0.3 is 14.5 Å². The molecule has 0 N–H and O–H groups in total. The van der Waals surface area contributed by atoms with E-state index >= 15 is 0 Å². The molecule has 0 radical (unpaired) electrons. The van der Waals surface area contributed by atoms with E-state index in [0.717, 1.165) is 35.8 Å². The van der Waals surface area contributed by atoms with Crippen LogP contribution in [0, 0.1) is 0 Å². The van der Waals surface area contributed by atoms with Crippen molar-refractivity contribution in [1.82, 2.24) is 14.8 Å². The maximum atomic E-state index is 6.03. The Morgan fingerprint density at radius 1 is 1.53 bits per heavy atom. The molecular weight excluding hydrogens is 282 g/mol. The fourth-order valence-corrected chi connectivity index (χ4v) is 2.26. The highest BCUT2D eigenvalue weighted by atomic mass is 35.5. The number of hydrogen-bond acceptors (Lipinski definition) is 4. The second kappa shape index (κ2) is 7.03. The molecule has 19 heavy (non-hydrogen) atoms. The normalized spacial score (nSPS) is 18.4. The average molecular weight is 302 g/mol. The van der Waals surface area contributed by atoms with E-state index in [1.807, 2.05) is 13.1 Å². The van der Waals surface area contributed by atoms with Crippen molar-refractivity contribution in [1.29, 1.82) is 0 Å². The average Bonchev–Trinajstić information content (AvgIpc) is 2.46. The van der Waals surface area contributed by atoms with Crippen LogP contribution in [0.4, 0.5) is 0 Å². The number of thiocarbonyl (C=S) groups is 1. The van der Waals surface area contributed by atoms with E-state index in [9.17, 15) is 0 Å². The molecule has 0 amide bonds. The van der Waals surface area contributed by atoms with Crippen molar-refractivity contribution in [2.75, 3.05) is 34.2 Å². The molecule has 1 unspecified atom stereocenters. The third-order valence-corrected chi connectivity index (χ3v) is 3.56. The summed E-state index contributed by atoms with van der Waals surface area (Å²) in [7, 11) is 6.16. The highest BCUT2D eigenvalue weighted by Crippen LogP contribution is 2.24. The lowest BCUT2D eigenvalue weighted by Crippen LogP contribution is -2.35. The molecule has 1 atom stereocenters. The predicted octanol–water partition coefficient (Wildman–Crippen LogP) is 1.82. The van der Waals surface area contributed by atoms with Crippen LogP contribution in [-0.2, 0) is 0 Å². The molecule has 1 aromatic rings. The van der Waals surface area contributed by atoms with Gasteiger partial charge in [0.25, 0.3) is 0 Å². The van der Waals surface area contributed by atoms with Crippen LogP contribution in [0.5, 0.6) is 5.75 Å². The van der Waals surface area contributed by atoms with Crippen LogP contribution in [0.2, 0.25) is 0 Å². The Hall–Kier alpha value is -0.910. The van der Waals surface area contributed by atoms with Gasteiger partial charge in [-0.15, -0.1) is 12.4 Å². The SMILES string of the molecule is CN(C)CCC1CN(C)C(=S)c2ccncc2O1.Cl. The van der Waals surface area contributed by atoms with Gasteiger partial charge in [-0.2, -0.15) is 0 Å². The zero-order valence-corrected chi connectivity index (χ0v) is 13.1. The minimum absolute atomic E-state index is 0. The first kappa shape index (κ1) is 16.1. The van der Waals surface area contributed by atoms with Crippen LogP contribution in [0.25, 0.3) is 0 Å². The van der Waals surface area contributed by atoms with Crippen LogP contribution >= 0.6 is 24.6 Å². The van der Waals surface area contributed by atoms with Crippen LogP contribution < -0.4 is 4.74 Å². The number of aromatic nitrogens is 1. The van der Waals surface area contributed by atoms with E-state index in [1.165, 1.54) is 0 Å². The molecule has 0 spiro atoms. The minimum atomic E-state index is 0. The van der Waals surface area contributed by atoms with Gasteiger partial charge in [-0.3, -0.25) is 4.98 Å². The van der Waals surface area contributed by atoms with Gasteiger partial charge in [-0.1, -0.05) is 12.2 Å². The third-order valence-electron chi connectivity index (χ3n) is 3.03. The molecule has 106 valence electrons. The van der Waals surface area contributed by atoms with Crippen LogP contribution in [-0.4, -0.2) is 60.1 Å². The van der Waals surface area contributed by atoms with Gasteiger partial charge in [0, 0.05) is 19.8 Å². The number of halogens is 1. The van der Waals surface area contributed by atoms with Crippen molar-refractivity contribution in [3.63, 3.8) is 0 Å². The lowest BCUT2D eigenvalue weighted by Gasteiger charge is -2.22. The summed E-state index contributed by atoms with van der Waals surface area (Å²) in [4.78, 5) is 9.20. The number of likely N-dealkylation sites (N-methyl/N-ethyl adjacent to an activating group) is 1. The summed E-state index contributed by atoms with van der Waals surface area (Å²) in [5, 5.41) is 0. The van der Waals surface area contributed by atoms with Crippen molar-refractivity contribution < 1.29 is 4.74 Å². The fourth-order valence-electron chi connectivity index (χ4n) is 2.01. The number of fused-ring (bicyclic) bond motifs is 1. The molecule has 0 aliphatic carbocycles. The largest absolute Gasteiger partial charge is 0.486 e. The van der Waals surface area contributed by atoms with Gasteiger partial charge in [0.2, 0.25) is 0 Å².